The molecule has 18 heavy (non-hydrogen) atoms. The lowest BCUT2D eigenvalue weighted by Gasteiger charge is -2.07. The minimum Gasteiger partial charge on any atom is -0.312 e. The van der Waals surface area contributed by atoms with Gasteiger partial charge in [0.25, 0.3) is 0 Å². The minimum atomic E-state index is 0.617. The smallest absolute Gasteiger partial charge is 0.0205 e. The molecule has 0 amide bonds. The Labute approximate surface area is 114 Å². The molecule has 2 heteroatoms. The summed E-state index contributed by atoms with van der Waals surface area (Å²) in [5.41, 5.74) is 2.78. The normalized spacial score (nSPS) is 11.1. The molecule has 0 spiro atoms. The highest BCUT2D eigenvalue weighted by Gasteiger charge is 1.99. The van der Waals surface area contributed by atoms with Gasteiger partial charge in [-0.2, -0.15) is 0 Å². The Hall–Kier alpha value is -1.12. The monoisotopic (exact) mass is 259 g/mol. The van der Waals surface area contributed by atoms with Gasteiger partial charge in [0, 0.05) is 18.0 Å². The van der Waals surface area contributed by atoms with Gasteiger partial charge in [0.1, 0.15) is 0 Å². The second-order valence-corrected chi connectivity index (χ2v) is 5.93. The van der Waals surface area contributed by atoms with E-state index in [1.54, 1.807) is 0 Å². The van der Waals surface area contributed by atoms with Gasteiger partial charge in [-0.3, -0.25) is 0 Å². The number of hydrogen-bond donors (Lipinski definition) is 1. The van der Waals surface area contributed by atoms with Crippen molar-refractivity contribution in [1.29, 1.82) is 0 Å². The lowest BCUT2D eigenvalue weighted by atomic mass is 10.0. The lowest BCUT2D eigenvalue weighted by molar-refractivity contribution is 0.690. The van der Waals surface area contributed by atoms with Crippen molar-refractivity contribution in [3.05, 3.63) is 57.8 Å². The van der Waals surface area contributed by atoms with Crippen molar-refractivity contribution < 1.29 is 0 Å². The van der Waals surface area contributed by atoms with Crippen LogP contribution in [-0.4, -0.2) is 6.54 Å². The van der Waals surface area contributed by atoms with Crippen molar-refractivity contribution in [3.63, 3.8) is 0 Å². The van der Waals surface area contributed by atoms with Crippen molar-refractivity contribution in [3.8, 4) is 0 Å². The Morgan fingerprint density at radius 2 is 1.89 bits per heavy atom. The maximum absolute atomic E-state index is 3.50. The average Bonchev–Trinajstić information content (AvgIpc) is 2.88. The van der Waals surface area contributed by atoms with E-state index in [-0.39, 0.29) is 0 Å². The fourth-order valence-corrected chi connectivity index (χ4v) is 2.63. The molecule has 1 heterocycles. The molecule has 2 rings (SSSR count). The SMILES string of the molecule is CC(C)c1ccc(CNCCc2cccs2)cc1. The Bertz CT molecular complexity index is 442. The van der Waals surface area contributed by atoms with Crippen molar-refractivity contribution >= 4 is 11.3 Å². The number of rotatable bonds is 6. The predicted octanol–water partition coefficient (Wildman–Crippen LogP) is 4.20. The van der Waals surface area contributed by atoms with Crippen LogP contribution in [-0.2, 0) is 13.0 Å². The third-order valence-electron chi connectivity index (χ3n) is 3.10. The molecule has 1 nitrogen and oxygen atoms in total. The zero-order valence-electron chi connectivity index (χ0n) is 11.1. The third kappa shape index (κ3) is 3.97. The van der Waals surface area contributed by atoms with Gasteiger partial charge in [0.2, 0.25) is 0 Å². The van der Waals surface area contributed by atoms with Gasteiger partial charge in [-0.15, -0.1) is 11.3 Å². The lowest BCUT2D eigenvalue weighted by Crippen LogP contribution is -2.16. The first-order valence-electron chi connectivity index (χ1n) is 6.57. The van der Waals surface area contributed by atoms with Crippen LogP contribution in [0.2, 0.25) is 0 Å². The Morgan fingerprint density at radius 1 is 1.11 bits per heavy atom. The molecule has 0 atom stereocenters. The first-order valence-corrected chi connectivity index (χ1v) is 7.45. The van der Waals surface area contributed by atoms with E-state index in [0.29, 0.717) is 5.92 Å². The van der Waals surface area contributed by atoms with Crippen LogP contribution in [0.3, 0.4) is 0 Å². The molecule has 0 unspecified atom stereocenters. The summed E-state index contributed by atoms with van der Waals surface area (Å²) in [5, 5.41) is 5.63. The summed E-state index contributed by atoms with van der Waals surface area (Å²) >= 11 is 1.83. The van der Waals surface area contributed by atoms with E-state index >= 15 is 0 Å². The van der Waals surface area contributed by atoms with Gasteiger partial charge in [0.05, 0.1) is 0 Å². The second-order valence-electron chi connectivity index (χ2n) is 4.90. The minimum absolute atomic E-state index is 0.617. The summed E-state index contributed by atoms with van der Waals surface area (Å²) in [6.45, 7) is 6.47. The average molecular weight is 259 g/mol. The van der Waals surface area contributed by atoms with E-state index in [1.807, 2.05) is 11.3 Å². The van der Waals surface area contributed by atoms with Crippen LogP contribution in [0, 0.1) is 0 Å². The molecule has 2 aromatic rings. The predicted molar refractivity (Wildman–Crippen MR) is 80.3 cm³/mol. The van der Waals surface area contributed by atoms with Crippen molar-refractivity contribution in [2.24, 2.45) is 0 Å². The maximum atomic E-state index is 3.50. The molecule has 0 radical (unpaired) electrons. The zero-order chi connectivity index (χ0) is 12.8. The molecule has 0 fully saturated rings. The zero-order valence-corrected chi connectivity index (χ0v) is 12.0. The number of nitrogens with one attached hydrogen (secondary N) is 1. The van der Waals surface area contributed by atoms with E-state index < -0.39 is 0 Å². The Kier molecular flexibility index (Phi) is 4.97. The van der Waals surface area contributed by atoms with E-state index in [4.69, 9.17) is 0 Å². The van der Waals surface area contributed by atoms with Crippen molar-refractivity contribution in [2.45, 2.75) is 32.7 Å². The molecule has 0 aliphatic rings. The maximum Gasteiger partial charge on any atom is 0.0205 e. The van der Waals surface area contributed by atoms with E-state index in [0.717, 1.165) is 19.5 Å². The molecule has 0 bridgehead atoms. The van der Waals surface area contributed by atoms with Crippen LogP contribution in [0.5, 0.6) is 0 Å². The summed E-state index contributed by atoms with van der Waals surface area (Å²) in [5.74, 6) is 0.617. The van der Waals surface area contributed by atoms with Crippen LogP contribution in [0.4, 0.5) is 0 Å². The highest BCUT2D eigenvalue weighted by Crippen LogP contribution is 2.14. The van der Waals surface area contributed by atoms with Crippen LogP contribution < -0.4 is 5.32 Å². The summed E-state index contributed by atoms with van der Waals surface area (Å²) in [6.07, 6.45) is 1.13. The van der Waals surface area contributed by atoms with Crippen LogP contribution >= 0.6 is 11.3 Å². The molecular weight excluding hydrogens is 238 g/mol. The summed E-state index contributed by atoms with van der Waals surface area (Å²) in [4.78, 5) is 1.46. The van der Waals surface area contributed by atoms with E-state index in [1.165, 1.54) is 16.0 Å². The number of hydrogen-bond acceptors (Lipinski definition) is 2. The first-order chi connectivity index (χ1) is 8.75. The van der Waals surface area contributed by atoms with Crippen molar-refractivity contribution in [1.82, 2.24) is 5.32 Å². The second kappa shape index (κ2) is 6.72. The molecule has 0 aliphatic heterocycles. The molecule has 96 valence electrons. The topological polar surface area (TPSA) is 12.0 Å². The highest BCUT2D eigenvalue weighted by molar-refractivity contribution is 7.09. The highest BCUT2D eigenvalue weighted by atomic mass is 32.1. The van der Waals surface area contributed by atoms with E-state index in [9.17, 15) is 0 Å². The molecule has 1 aromatic heterocycles. The molecule has 0 aliphatic carbocycles. The Morgan fingerprint density at radius 3 is 2.50 bits per heavy atom. The van der Waals surface area contributed by atoms with Crippen LogP contribution in [0.1, 0.15) is 35.8 Å². The first kappa shape index (κ1) is 13.3. The summed E-state index contributed by atoms with van der Waals surface area (Å²) in [6, 6.07) is 13.2. The third-order valence-corrected chi connectivity index (χ3v) is 4.04. The largest absolute Gasteiger partial charge is 0.312 e. The fraction of sp³-hybridized carbons (Fsp3) is 0.375. The molecular formula is C16H21NS. The number of thiophene rings is 1. The molecule has 1 aromatic carbocycles. The molecule has 0 saturated carbocycles. The molecule has 0 saturated heterocycles. The van der Waals surface area contributed by atoms with Crippen LogP contribution in [0.25, 0.3) is 0 Å². The van der Waals surface area contributed by atoms with Crippen LogP contribution in [0.15, 0.2) is 41.8 Å². The van der Waals surface area contributed by atoms with Gasteiger partial charge in [-0.1, -0.05) is 44.2 Å². The van der Waals surface area contributed by atoms with E-state index in [2.05, 4.69) is 60.9 Å². The fourth-order valence-electron chi connectivity index (χ4n) is 1.92. The van der Waals surface area contributed by atoms with Crippen molar-refractivity contribution in [2.75, 3.05) is 6.54 Å². The van der Waals surface area contributed by atoms with Gasteiger partial charge in [0.15, 0.2) is 0 Å². The quantitative estimate of drug-likeness (QED) is 0.767. The standard InChI is InChI=1S/C16H21NS/c1-13(2)15-7-5-14(6-8-15)12-17-10-9-16-4-3-11-18-16/h3-8,11,13,17H,9-10,12H2,1-2H3. The van der Waals surface area contributed by atoms with Gasteiger partial charge in [-0.25, -0.2) is 0 Å². The van der Waals surface area contributed by atoms with Gasteiger partial charge in [-0.05, 0) is 34.9 Å². The summed E-state index contributed by atoms with van der Waals surface area (Å²) < 4.78 is 0. The summed E-state index contributed by atoms with van der Waals surface area (Å²) in [7, 11) is 0. The Balaban J connectivity index is 1.73. The van der Waals surface area contributed by atoms with Gasteiger partial charge < -0.3 is 5.32 Å². The number of benzene rings is 1. The molecule has 1 N–H and O–H groups in total. The van der Waals surface area contributed by atoms with Gasteiger partial charge >= 0.3 is 0 Å².